The van der Waals surface area contributed by atoms with Gasteiger partial charge in [-0.3, -0.25) is 4.79 Å². The normalized spacial score (nSPS) is 27.4. The van der Waals surface area contributed by atoms with Crippen molar-refractivity contribution in [3.05, 3.63) is 34.7 Å². The van der Waals surface area contributed by atoms with E-state index in [0.717, 1.165) is 23.8 Å². The van der Waals surface area contributed by atoms with Crippen molar-refractivity contribution in [2.24, 2.45) is 4.99 Å². The molecule has 1 amide bonds. The topological polar surface area (TPSA) is 62.1 Å². The van der Waals surface area contributed by atoms with Crippen LogP contribution in [0.25, 0.3) is 6.08 Å². The van der Waals surface area contributed by atoms with E-state index >= 15 is 0 Å². The molecule has 2 unspecified atom stereocenters. The number of carbonyl (C=O) groups excluding carboxylic acids is 1. The summed E-state index contributed by atoms with van der Waals surface area (Å²) in [5, 5.41) is 10.2. The van der Waals surface area contributed by atoms with Gasteiger partial charge >= 0.3 is 0 Å². The molecule has 1 aromatic carbocycles. The van der Waals surface area contributed by atoms with Gasteiger partial charge in [-0.15, -0.1) is 0 Å². The van der Waals surface area contributed by atoms with Crippen LogP contribution < -0.4 is 0 Å². The maximum absolute atomic E-state index is 12.1. The van der Waals surface area contributed by atoms with Crippen LogP contribution in [0.4, 0.5) is 0 Å². The predicted molar refractivity (Wildman–Crippen MR) is 87.7 cm³/mol. The van der Waals surface area contributed by atoms with E-state index in [2.05, 4.69) is 9.89 Å². The van der Waals surface area contributed by atoms with Gasteiger partial charge in [0.25, 0.3) is 5.91 Å². The van der Waals surface area contributed by atoms with E-state index in [4.69, 9.17) is 4.74 Å². The number of phenolic OH excluding ortho intramolecular Hbond substituents is 1. The first kappa shape index (κ1) is 15.1. The third-order valence-corrected chi connectivity index (χ3v) is 4.51. The van der Waals surface area contributed by atoms with Crippen molar-refractivity contribution in [3.63, 3.8) is 0 Å². The predicted octanol–water partition coefficient (Wildman–Crippen LogP) is 2.47. The quantitative estimate of drug-likeness (QED) is 0.806. The zero-order valence-electron chi connectivity index (χ0n) is 12.5. The average molecular weight is 318 g/mol. The van der Waals surface area contributed by atoms with Crippen LogP contribution >= 0.6 is 11.8 Å². The fourth-order valence-corrected chi connectivity index (χ4v) is 3.56. The minimum Gasteiger partial charge on any atom is -0.508 e. The molecule has 0 radical (unpaired) electrons. The number of amidine groups is 1. The molecule has 5 nitrogen and oxygen atoms in total. The summed E-state index contributed by atoms with van der Waals surface area (Å²) in [6.45, 7) is 5.52. The third-order valence-electron chi connectivity index (χ3n) is 3.47. The van der Waals surface area contributed by atoms with Crippen LogP contribution in [-0.2, 0) is 9.53 Å². The van der Waals surface area contributed by atoms with E-state index in [9.17, 15) is 9.90 Å². The van der Waals surface area contributed by atoms with Crippen molar-refractivity contribution in [1.29, 1.82) is 0 Å². The van der Waals surface area contributed by atoms with Crippen LogP contribution in [0.5, 0.6) is 5.75 Å². The van der Waals surface area contributed by atoms with E-state index in [1.54, 1.807) is 24.3 Å². The molecule has 0 bridgehead atoms. The van der Waals surface area contributed by atoms with E-state index in [0.29, 0.717) is 4.91 Å². The Kier molecular flexibility index (Phi) is 4.22. The Bertz CT molecular complexity index is 647. The SMILES string of the molecule is CC1CN(C2=NC(=O)/C(=C/c3cccc(O)c3)S2)CC(C)O1. The van der Waals surface area contributed by atoms with Gasteiger partial charge in [0.05, 0.1) is 17.1 Å². The van der Waals surface area contributed by atoms with E-state index in [1.807, 2.05) is 19.9 Å². The Hall–Kier alpha value is -1.79. The zero-order valence-corrected chi connectivity index (χ0v) is 13.3. The Balaban J connectivity index is 1.76. The Labute approximate surface area is 133 Å². The van der Waals surface area contributed by atoms with Gasteiger partial charge in [0.1, 0.15) is 5.75 Å². The fraction of sp³-hybridized carbons (Fsp3) is 0.375. The van der Waals surface area contributed by atoms with Crippen LogP contribution in [0.1, 0.15) is 19.4 Å². The van der Waals surface area contributed by atoms with Gasteiger partial charge in [0, 0.05) is 13.1 Å². The molecular formula is C16H18N2O3S. The summed E-state index contributed by atoms with van der Waals surface area (Å²) in [7, 11) is 0. The molecule has 2 aliphatic rings. The number of thioether (sulfide) groups is 1. The summed E-state index contributed by atoms with van der Waals surface area (Å²) in [4.78, 5) is 18.9. The lowest BCUT2D eigenvalue weighted by Gasteiger charge is -2.35. The first-order chi connectivity index (χ1) is 10.5. The molecular weight excluding hydrogens is 300 g/mol. The number of amides is 1. The second kappa shape index (κ2) is 6.14. The number of morpholine rings is 1. The molecule has 0 spiro atoms. The minimum absolute atomic E-state index is 0.126. The molecule has 22 heavy (non-hydrogen) atoms. The second-order valence-electron chi connectivity index (χ2n) is 5.57. The Morgan fingerprint density at radius 2 is 2.09 bits per heavy atom. The van der Waals surface area contributed by atoms with Gasteiger partial charge in [0.2, 0.25) is 0 Å². The highest BCUT2D eigenvalue weighted by molar-refractivity contribution is 8.18. The molecule has 2 heterocycles. The maximum atomic E-state index is 12.1. The smallest absolute Gasteiger partial charge is 0.286 e. The van der Waals surface area contributed by atoms with Crippen molar-refractivity contribution in [2.75, 3.05) is 13.1 Å². The molecule has 0 saturated carbocycles. The summed E-state index contributed by atoms with van der Waals surface area (Å²) in [6, 6.07) is 6.82. The Morgan fingerprint density at radius 3 is 2.77 bits per heavy atom. The zero-order chi connectivity index (χ0) is 15.7. The number of aliphatic imine (C=N–C) groups is 1. The molecule has 1 saturated heterocycles. The highest BCUT2D eigenvalue weighted by atomic mass is 32.2. The van der Waals surface area contributed by atoms with Crippen LogP contribution in [-0.4, -0.2) is 46.4 Å². The molecule has 0 aromatic heterocycles. The number of benzene rings is 1. The number of phenols is 1. The average Bonchev–Trinajstić information content (AvgIpc) is 2.79. The standard InChI is InChI=1S/C16H18N2O3S/c1-10-8-18(9-11(2)21-10)16-17-15(20)14(22-16)7-12-4-3-5-13(19)6-12/h3-7,10-11,19H,8-9H2,1-2H3/b14-7-. The van der Waals surface area contributed by atoms with Crippen molar-refractivity contribution in [2.45, 2.75) is 26.1 Å². The van der Waals surface area contributed by atoms with E-state index < -0.39 is 0 Å². The largest absolute Gasteiger partial charge is 0.508 e. The number of carbonyl (C=O) groups is 1. The fourth-order valence-electron chi connectivity index (χ4n) is 2.63. The molecule has 2 atom stereocenters. The van der Waals surface area contributed by atoms with Crippen LogP contribution in [0.3, 0.4) is 0 Å². The molecule has 1 aromatic rings. The lowest BCUT2D eigenvalue weighted by atomic mass is 10.2. The first-order valence-corrected chi connectivity index (χ1v) is 8.05. The minimum atomic E-state index is -0.227. The Morgan fingerprint density at radius 1 is 1.36 bits per heavy atom. The number of hydrogen-bond donors (Lipinski definition) is 1. The first-order valence-electron chi connectivity index (χ1n) is 7.23. The van der Waals surface area contributed by atoms with Gasteiger partial charge in [0.15, 0.2) is 5.17 Å². The highest BCUT2D eigenvalue weighted by Crippen LogP contribution is 2.31. The van der Waals surface area contributed by atoms with E-state index in [-0.39, 0.29) is 23.9 Å². The van der Waals surface area contributed by atoms with Crippen LogP contribution in [0.2, 0.25) is 0 Å². The van der Waals surface area contributed by atoms with Gasteiger partial charge < -0.3 is 14.7 Å². The summed E-state index contributed by atoms with van der Waals surface area (Å²) < 4.78 is 5.71. The summed E-state index contributed by atoms with van der Waals surface area (Å²) in [6.07, 6.45) is 2.01. The number of ether oxygens (including phenoxy) is 1. The van der Waals surface area contributed by atoms with Crippen LogP contribution in [0, 0.1) is 0 Å². The maximum Gasteiger partial charge on any atom is 0.286 e. The van der Waals surface area contributed by atoms with Gasteiger partial charge in [-0.1, -0.05) is 12.1 Å². The van der Waals surface area contributed by atoms with Crippen LogP contribution in [0.15, 0.2) is 34.2 Å². The molecule has 2 aliphatic heterocycles. The number of nitrogens with zero attached hydrogens (tertiary/aromatic N) is 2. The molecule has 1 fully saturated rings. The summed E-state index contributed by atoms with van der Waals surface area (Å²) in [5.74, 6) is -0.0445. The third kappa shape index (κ3) is 3.34. The van der Waals surface area contributed by atoms with Crippen molar-refractivity contribution < 1.29 is 14.6 Å². The molecule has 0 aliphatic carbocycles. The van der Waals surface area contributed by atoms with E-state index in [1.165, 1.54) is 11.8 Å². The lowest BCUT2D eigenvalue weighted by molar-refractivity contribution is -0.113. The number of rotatable bonds is 1. The summed E-state index contributed by atoms with van der Waals surface area (Å²) >= 11 is 1.38. The van der Waals surface area contributed by atoms with Crippen molar-refractivity contribution >= 4 is 28.9 Å². The number of hydrogen-bond acceptors (Lipinski definition) is 5. The number of aromatic hydroxyl groups is 1. The lowest BCUT2D eigenvalue weighted by Crippen LogP contribution is -2.47. The second-order valence-corrected chi connectivity index (χ2v) is 6.58. The highest BCUT2D eigenvalue weighted by Gasteiger charge is 2.30. The van der Waals surface area contributed by atoms with Crippen molar-refractivity contribution in [3.8, 4) is 5.75 Å². The summed E-state index contributed by atoms with van der Waals surface area (Å²) in [5.41, 5.74) is 0.788. The molecule has 1 N–H and O–H groups in total. The van der Waals surface area contributed by atoms with Gasteiger partial charge in [-0.2, -0.15) is 4.99 Å². The van der Waals surface area contributed by atoms with Gasteiger partial charge in [-0.05, 0) is 49.4 Å². The van der Waals surface area contributed by atoms with Gasteiger partial charge in [-0.25, -0.2) is 0 Å². The molecule has 3 rings (SSSR count). The van der Waals surface area contributed by atoms with Crippen molar-refractivity contribution in [1.82, 2.24) is 4.90 Å². The monoisotopic (exact) mass is 318 g/mol. The molecule has 6 heteroatoms. The molecule has 116 valence electrons.